The molecule has 1 aliphatic rings. The van der Waals surface area contributed by atoms with Crippen LogP contribution in [-0.4, -0.2) is 30.5 Å². The SMILES string of the molecule is N#Cc1ccc(N2C[C@@H](F)C[C@H]2CO)c(F)c1. The lowest BCUT2D eigenvalue weighted by atomic mass is 10.1. The molecule has 1 heterocycles. The van der Waals surface area contributed by atoms with Gasteiger partial charge >= 0.3 is 0 Å². The molecule has 1 aliphatic heterocycles. The fourth-order valence-electron chi connectivity index (χ4n) is 2.14. The minimum atomic E-state index is -1.05. The number of rotatable bonds is 2. The zero-order valence-electron chi connectivity index (χ0n) is 9.11. The Kier molecular flexibility index (Phi) is 3.25. The largest absolute Gasteiger partial charge is 0.394 e. The van der Waals surface area contributed by atoms with E-state index in [-0.39, 0.29) is 30.8 Å². The lowest BCUT2D eigenvalue weighted by Gasteiger charge is -2.25. The minimum Gasteiger partial charge on any atom is -0.394 e. The highest BCUT2D eigenvalue weighted by Crippen LogP contribution is 2.29. The minimum absolute atomic E-state index is 0.0774. The van der Waals surface area contributed by atoms with Crippen molar-refractivity contribution < 1.29 is 13.9 Å². The molecule has 17 heavy (non-hydrogen) atoms. The van der Waals surface area contributed by atoms with E-state index in [1.54, 1.807) is 0 Å². The summed E-state index contributed by atoms with van der Waals surface area (Å²) in [6.07, 6.45) is -0.849. The quantitative estimate of drug-likeness (QED) is 0.851. The van der Waals surface area contributed by atoms with Crippen LogP contribution >= 0.6 is 0 Å². The second kappa shape index (κ2) is 4.68. The Bertz CT molecular complexity index is 458. The lowest BCUT2D eigenvalue weighted by Crippen LogP contribution is -2.32. The number of benzene rings is 1. The first kappa shape index (κ1) is 11.8. The van der Waals surface area contributed by atoms with Crippen molar-refractivity contribution in [3.63, 3.8) is 0 Å². The molecule has 0 spiro atoms. The van der Waals surface area contributed by atoms with Crippen LogP contribution in [-0.2, 0) is 0 Å². The molecule has 1 N–H and O–H groups in total. The highest BCUT2D eigenvalue weighted by atomic mass is 19.1. The number of alkyl halides is 1. The van der Waals surface area contributed by atoms with Crippen molar-refractivity contribution >= 4 is 5.69 Å². The third-order valence-corrected chi connectivity index (χ3v) is 2.96. The smallest absolute Gasteiger partial charge is 0.147 e. The van der Waals surface area contributed by atoms with Crippen molar-refractivity contribution in [1.82, 2.24) is 0 Å². The van der Waals surface area contributed by atoms with Crippen molar-refractivity contribution in [2.75, 3.05) is 18.1 Å². The van der Waals surface area contributed by atoms with E-state index in [0.717, 1.165) is 6.07 Å². The van der Waals surface area contributed by atoms with Gasteiger partial charge in [-0.15, -0.1) is 0 Å². The Labute approximate surface area is 97.9 Å². The molecule has 1 aromatic carbocycles. The van der Waals surface area contributed by atoms with Gasteiger partial charge in [0.25, 0.3) is 0 Å². The van der Waals surface area contributed by atoms with Gasteiger partial charge in [-0.25, -0.2) is 8.78 Å². The first-order valence-corrected chi connectivity index (χ1v) is 5.37. The molecule has 1 fully saturated rings. The molecule has 1 saturated heterocycles. The lowest BCUT2D eigenvalue weighted by molar-refractivity contribution is 0.255. The van der Waals surface area contributed by atoms with Crippen LogP contribution in [0.15, 0.2) is 18.2 Å². The normalized spacial score (nSPS) is 23.8. The van der Waals surface area contributed by atoms with Crippen molar-refractivity contribution in [3.05, 3.63) is 29.6 Å². The molecule has 0 saturated carbocycles. The summed E-state index contributed by atoms with van der Waals surface area (Å²) in [5.74, 6) is -0.559. The topological polar surface area (TPSA) is 47.3 Å². The van der Waals surface area contributed by atoms with Crippen molar-refractivity contribution in [1.29, 1.82) is 5.26 Å². The molecule has 0 aliphatic carbocycles. The van der Waals surface area contributed by atoms with Crippen LogP contribution in [0.25, 0.3) is 0 Å². The van der Waals surface area contributed by atoms with Crippen LogP contribution in [0, 0.1) is 17.1 Å². The standard InChI is InChI=1S/C12H12F2N2O/c13-9-4-10(7-17)16(6-9)12-2-1-8(5-15)3-11(12)14/h1-3,9-10,17H,4,6-7H2/t9-,10-/m0/s1. The molecule has 0 bridgehead atoms. The van der Waals surface area contributed by atoms with Gasteiger partial charge in [-0.05, 0) is 18.2 Å². The Morgan fingerprint density at radius 1 is 1.53 bits per heavy atom. The predicted molar refractivity (Wildman–Crippen MR) is 58.8 cm³/mol. The van der Waals surface area contributed by atoms with E-state index in [1.165, 1.54) is 17.0 Å². The van der Waals surface area contributed by atoms with E-state index in [4.69, 9.17) is 10.4 Å². The maximum Gasteiger partial charge on any atom is 0.147 e. The van der Waals surface area contributed by atoms with Crippen LogP contribution in [0.5, 0.6) is 0 Å². The van der Waals surface area contributed by atoms with Gasteiger partial charge in [0.05, 0.1) is 30.0 Å². The average Bonchev–Trinajstić information content (AvgIpc) is 2.70. The fraction of sp³-hybridized carbons (Fsp3) is 0.417. The summed E-state index contributed by atoms with van der Waals surface area (Å²) in [6.45, 7) is -0.131. The van der Waals surface area contributed by atoms with E-state index in [1.807, 2.05) is 6.07 Å². The summed E-state index contributed by atoms with van der Waals surface area (Å²) < 4.78 is 27.0. The zero-order valence-corrected chi connectivity index (χ0v) is 9.11. The Hall–Kier alpha value is -1.67. The van der Waals surface area contributed by atoms with Crippen molar-refractivity contribution in [2.45, 2.75) is 18.6 Å². The number of nitrogens with zero attached hydrogens (tertiary/aromatic N) is 2. The number of hydrogen-bond acceptors (Lipinski definition) is 3. The third kappa shape index (κ3) is 2.22. The van der Waals surface area contributed by atoms with Crippen LogP contribution in [0.4, 0.5) is 14.5 Å². The summed E-state index contributed by atoms with van der Waals surface area (Å²) in [7, 11) is 0. The Morgan fingerprint density at radius 3 is 2.88 bits per heavy atom. The first-order chi connectivity index (χ1) is 8.15. The molecular weight excluding hydrogens is 226 g/mol. The van der Waals surface area contributed by atoms with Gasteiger partial charge in [0, 0.05) is 13.0 Å². The molecule has 0 amide bonds. The van der Waals surface area contributed by atoms with Crippen molar-refractivity contribution in [3.8, 4) is 6.07 Å². The Balaban J connectivity index is 2.31. The summed E-state index contributed by atoms with van der Waals surface area (Å²) in [6, 6.07) is 5.50. The molecule has 2 atom stereocenters. The number of aliphatic hydroxyl groups is 1. The van der Waals surface area contributed by atoms with Gasteiger partial charge in [0.1, 0.15) is 12.0 Å². The second-order valence-corrected chi connectivity index (χ2v) is 4.10. The molecule has 1 aromatic rings. The second-order valence-electron chi connectivity index (χ2n) is 4.10. The molecule has 90 valence electrons. The maximum atomic E-state index is 13.7. The highest BCUT2D eigenvalue weighted by molar-refractivity contribution is 5.53. The van der Waals surface area contributed by atoms with Crippen LogP contribution < -0.4 is 4.90 Å². The van der Waals surface area contributed by atoms with E-state index in [0.29, 0.717) is 0 Å². The van der Waals surface area contributed by atoms with Gasteiger partial charge < -0.3 is 10.0 Å². The fourth-order valence-corrected chi connectivity index (χ4v) is 2.14. The van der Waals surface area contributed by atoms with Crippen LogP contribution in [0.2, 0.25) is 0 Å². The van der Waals surface area contributed by atoms with Gasteiger partial charge in [0.2, 0.25) is 0 Å². The molecular formula is C12H12F2N2O. The van der Waals surface area contributed by atoms with E-state index in [9.17, 15) is 8.78 Å². The van der Waals surface area contributed by atoms with E-state index in [2.05, 4.69) is 0 Å². The number of nitriles is 1. The van der Waals surface area contributed by atoms with E-state index >= 15 is 0 Å². The number of hydrogen-bond donors (Lipinski definition) is 1. The third-order valence-electron chi connectivity index (χ3n) is 2.96. The van der Waals surface area contributed by atoms with Gasteiger partial charge in [-0.3, -0.25) is 0 Å². The summed E-state index contributed by atoms with van der Waals surface area (Å²) in [5, 5.41) is 17.8. The number of aliphatic hydroxyl groups excluding tert-OH is 1. The van der Waals surface area contributed by atoms with E-state index < -0.39 is 18.0 Å². The Morgan fingerprint density at radius 2 is 2.29 bits per heavy atom. The number of halogens is 2. The zero-order chi connectivity index (χ0) is 12.4. The van der Waals surface area contributed by atoms with Gasteiger partial charge in [-0.2, -0.15) is 5.26 Å². The highest BCUT2D eigenvalue weighted by Gasteiger charge is 2.32. The molecule has 0 aromatic heterocycles. The molecule has 0 unspecified atom stereocenters. The summed E-state index contributed by atoms with van der Waals surface area (Å²) >= 11 is 0. The van der Waals surface area contributed by atoms with Crippen LogP contribution in [0.3, 0.4) is 0 Å². The maximum absolute atomic E-state index is 13.7. The summed E-state index contributed by atoms with van der Waals surface area (Å²) in [5.41, 5.74) is 0.464. The summed E-state index contributed by atoms with van der Waals surface area (Å²) in [4.78, 5) is 1.52. The monoisotopic (exact) mass is 238 g/mol. The molecule has 5 heteroatoms. The van der Waals surface area contributed by atoms with Gasteiger partial charge in [0.15, 0.2) is 0 Å². The number of anilines is 1. The average molecular weight is 238 g/mol. The molecule has 0 radical (unpaired) electrons. The molecule has 2 rings (SSSR count). The van der Waals surface area contributed by atoms with Crippen LogP contribution in [0.1, 0.15) is 12.0 Å². The first-order valence-electron chi connectivity index (χ1n) is 5.37. The van der Waals surface area contributed by atoms with Crippen molar-refractivity contribution in [2.24, 2.45) is 0 Å². The molecule has 3 nitrogen and oxygen atoms in total. The predicted octanol–water partition coefficient (Wildman–Crippen LogP) is 1.61. The van der Waals surface area contributed by atoms with Gasteiger partial charge in [-0.1, -0.05) is 0 Å².